The molecule has 0 bridgehead atoms. The van der Waals surface area contributed by atoms with Gasteiger partial charge in [-0.2, -0.15) is 5.10 Å². The number of anilines is 1. The Balaban J connectivity index is 1.71. The quantitative estimate of drug-likeness (QED) is 0.459. The molecule has 1 aromatic heterocycles. The van der Waals surface area contributed by atoms with Gasteiger partial charge in [0.25, 0.3) is 0 Å². The van der Waals surface area contributed by atoms with Gasteiger partial charge in [0.05, 0.1) is 22.4 Å². The van der Waals surface area contributed by atoms with Crippen molar-refractivity contribution in [1.82, 2.24) is 15.1 Å². The lowest BCUT2D eigenvalue weighted by Gasteiger charge is -2.24. The lowest BCUT2D eigenvalue weighted by Crippen LogP contribution is -2.43. The predicted octanol–water partition coefficient (Wildman–Crippen LogP) is 5.15. The molecule has 2 aliphatic rings. The summed E-state index contributed by atoms with van der Waals surface area (Å²) in [4.78, 5) is 28.5. The third kappa shape index (κ3) is 5.50. The Morgan fingerprint density at radius 1 is 1.13 bits per heavy atom. The zero-order valence-corrected chi connectivity index (χ0v) is 24.2. The van der Waals surface area contributed by atoms with Gasteiger partial charge in [-0.15, -0.1) is 11.8 Å². The van der Waals surface area contributed by atoms with Crippen molar-refractivity contribution in [2.45, 2.75) is 52.2 Å². The number of nitrogens with one attached hydrogen (secondary N) is 1. The molecule has 2 aliphatic heterocycles. The van der Waals surface area contributed by atoms with E-state index >= 15 is 0 Å². The van der Waals surface area contributed by atoms with Crippen LogP contribution in [0.3, 0.4) is 0 Å². The Morgan fingerprint density at radius 2 is 1.85 bits per heavy atom. The van der Waals surface area contributed by atoms with Crippen LogP contribution < -0.4 is 19.7 Å². The SMILES string of the molecule is Cc1ccc(-n2nc(C(C)(C)C)c3c2N(CC(=O)NCC(C)C)C(=O)CSC3c2ccc3c(c2)OCO3)cc1. The van der Waals surface area contributed by atoms with Gasteiger partial charge in [-0.05, 0) is 42.7 Å². The minimum Gasteiger partial charge on any atom is -0.454 e. The van der Waals surface area contributed by atoms with Crippen molar-refractivity contribution >= 4 is 29.4 Å². The average molecular weight is 549 g/mol. The van der Waals surface area contributed by atoms with Gasteiger partial charge in [-0.25, -0.2) is 4.68 Å². The molecule has 3 aromatic rings. The second-order valence-electron chi connectivity index (χ2n) is 11.6. The van der Waals surface area contributed by atoms with Crippen molar-refractivity contribution in [3.8, 4) is 17.2 Å². The maximum atomic E-state index is 13.8. The summed E-state index contributed by atoms with van der Waals surface area (Å²) in [5.74, 6) is 2.26. The number of thioether (sulfide) groups is 1. The summed E-state index contributed by atoms with van der Waals surface area (Å²) in [5, 5.41) is 7.92. The molecule has 0 fully saturated rings. The highest BCUT2D eigenvalue weighted by Gasteiger charge is 2.40. The van der Waals surface area contributed by atoms with Crippen LogP contribution >= 0.6 is 11.8 Å². The van der Waals surface area contributed by atoms with Crippen molar-refractivity contribution in [2.75, 3.05) is 30.5 Å². The number of nitrogens with zero attached hydrogens (tertiary/aromatic N) is 3. The van der Waals surface area contributed by atoms with Gasteiger partial charge in [0, 0.05) is 17.5 Å². The van der Waals surface area contributed by atoms with E-state index in [0.717, 1.165) is 28.1 Å². The monoisotopic (exact) mass is 548 g/mol. The number of aryl methyl sites for hydroxylation is 1. The molecule has 2 amide bonds. The Morgan fingerprint density at radius 3 is 2.54 bits per heavy atom. The van der Waals surface area contributed by atoms with Crippen molar-refractivity contribution < 1.29 is 19.1 Å². The smallest absolute Gasteiger partial charge is 0.240 e. The Kier molecular flexibility index (Phi) is 7.37. The lowest BCUT2D eigenvalue weighted by molar-refractivity contribution is -0.123. The van der Waals surface area contributed by atoms with Crippen LogP contribution in [-0.4, -0.2) is 47.2 Å². The zero-order valence-electron chi connectivity index (χ0n) is 23.4. The number of hydrogen-bond acceptors (Lipinski definition) is 6. The molecule has 0 aliphatic carbocycles. The average Bonchev–Trinajstić information content (AvgIpc) is 3.48. The van der Waals surface area contributed by atoms with Gasteiger partial charge in [0.15, 0.2) is 11.5 Å². The van der Waals surface area contributed by atoms with Gasteiger partial charge < -0.3 is 14.8 Å². The first-order chi connectivity index (χ1) is 18.5. The molecule has 1 unspecified atom stereocenters. The molecule has 0 spiro atoms. The standard InChI is InChI=1S/C30H36N4O4S/c1-18(2)14-31-24(35)15-33-25(36)16-39-27(20-9-12-22-23(13-20)38-17-37-22)26-28(30(4,5)6)32-34(29(26)33)21-10-7-19(3)8-11-21/h7-13,18,27H,14-17H2,1-6H3,(H,31,35). The minimum absolute atomic E-state index is 0.0753. The molecule has 3 heterocycles. The highest BCUT2D eigenvalue weighted by atomic mass is 32.2. The number of carbonyl (C=O) groups excluding carboxylic acids is 2. The van der Waals surface area contributed by atoms with E-state index in [4.69, 9.17) is 14.6 Å². The van der Waals surface area contributed by atoms with E-state index in [0.29, 0.717) is 29.8 Å². The molecular formula is C30H36N4O4S. The molecule has 1 N–H and O–H groups in total. The zero-order chi connectivity index (χ0) is 27.9. The summed E-state index contributed by atoms with van der Waals surface area (Å²) in [6.07, 6.45) is 0. The number of benzene rings is 2. The van der Waals surface area contributed by atoms with Crippen molar-refractivity contribution in [1.29, 1.82) is 0 Å². The molecule has 0 saturated carbocycles. The third-order valence-electron chi connectivity index (χ3n) is 6.79. The topological polar surface area (TPSA) is 85.7 Å². The first-order valence-electron chi connectivity index (χ1n) is 13.3. The minimum atomic E-state index is -0.325. The molecular weight excluding hydrogens is 512 g/mol. The van der Waals surface area contributed by atoms with E-state index in [2.05, 4.69) is 26.1 Å². The van der Waals surface area contributed by atoms with Gasteiger partial charge in [0.1, 0.15) is 12.4 Å². The number of fused-ring (bicyclic) bond motifs is 2. The molecule has 5 rings (SSSR count). The second-order valence-corrected chi connectivity index (χ2v) is 12.7. The molecule has 206 valence electrons. The van der Waals surface area contributed by atoms with Gasteiger partial charge in [-0.3, -0.25) is 14.5 Å². The summed E-state index contributed by atoms with van der Waals surface area (Å²) in [6.45, 7) is 13.2. The van der Waals surface area contributed by atoms with Crippen LogP contribution in [0.2, 0.25) is 0 Å². The van der Waals surface area contributed by atoms with Gasteiger partial charge in [-0.1, -0.05) is 58.4 Å². The summed E-state index contributed by atoms with van der Waals surface area (Å²) in [7, 11) is 0. The fourth-order valence-electron chi connectivity index (χ4n) is 4.80. The largest absolute Gasteiger partial charge is 0.454 e. The fraction of sp³-hybridized carbons (Fsp3) is 0.433. The van der Waals surface area contributed by atoms with Crippen molar-refractivity contribution in [3.05, 3.63) is 64.8 Å². The Labute approximate surface area is 234 Å². The first kappa shape index (κ1) is 27.1. The number of hydrogen-bond donors (Lipinski definition) is 1. The predicted molar refractivity (Wildman–Crippen MR) is 154 cm³/mol. The summed E-state index contributed by atoms with van der Waals surface area (Å²) in [6, 6.07) is 14.0. The Hall–Kier alpha value is -3.46. The van der Waals surface area contributed by atoms with E-state index < -0.39 is 0 Å². The molecule has 1 atom stereocenters. The Bertz CT molecular complexity index is 1390. The van der Waals surface area contributed by atoms with Crippen LogP contribution in [0.5, 0.6) is 11.5 Å². The molecule has 8 nitrogen and oxygen atoms in total. The summed E-state index contributed by atoms with van der Waals surface area (Å²) >= 11 is 1.55. The van der Waals surface area contributed by atoms with E-state index in [9.17, 15) is 9.59 Å². The van der Waals surface area contributed by atoms with Crippen molar-refractivity contribution in [3.63, 3.8) is 0 Å². The molecule has 0 saturated heterocycles. The van der Waals surface area contributed by atoms with Gasteiger partial charge in [0.2, 0.25) is 18.6 Å². The van der Waals surface area contributed by atoms with E-state index in [-0.39, 0.29) is 41.6 Å². The number of carbonyl (C=O) groups is 2. The number of aromatic nitrogens is 2. The van der Waals surface area contributed by atoms with Crippen LogP contribution in [-0.2, 0) is 15.0 Å². The first-order valence-corrected chi connectivity index (χ1v) is 14.4. The van der Waals surface area contributed by atoms with Crippen LogP contribution in [0.25, 0.3) is 5.69 Å². The van der Waals surface area contributed by atoms with Gasteiger partial charge >= 0.3 is 0 Å². The number of ether oxygens (including phenoxy) is 2. The molecule has 39 heavy (non-hydrogen) atoms. The maximum Gasteiger partial charge on any atom is 0.240 e. The van der Waals surface area contributed by atoms with Crippen LogP contribution in [0.1, 0.15) is 62.3 Å². The fourth-order valence-corrected chi connectivity index (χ4v) is 5.98. The van der Waals surface area contributed by atoms with Crippen molar-refractivity contribution in [2.24, 2.45) is 5.92 Å². The van der Waals surface area contributed by atoms with Crippen LogP contribution in [0.15, 0.2) is 42.5 Å². The highest BCUT2D eigenvalue weighted by molar-refractivity contribution is 8.00. The molecule has 9 heteroatoms. The van der Waals surface area contributed by atoms with E-state index in [1.807, 2.05) is 67.9 Å². The van der Waals surface area contributed by atoms with E-state index in [1.54, 1.807) is 16.7 Å². The summed E-state index contributed by atoms with van der Waals surface area (Å²) < 4.78 is 13.1. The maximum absolute atomic E-state index is 13.8. The third-order valence-corrected chi connectivity index (χ3v) is 8.04. The lowest BCUT2D eigenvalue weighted by atomic mass is 9.87. The molecule has 2 aromatic carbocycles. The summed E-state index contributed by atoms with van der Waals surface area (Å²) in [5.41, 5.74) is 4.46. The van der Waals surface area contributed by atoms with Crippen LogP contribution in [0, 0.1) is 12.8 Å². The number of amides is 2. The van der Waals surface area contributed by atoms with Crippen LogP contribution in [0.4, 0.5) is 5.82 Å². The second kappa shape index (κ2) is 10.6. The molecule has 0 radical (unpaired) electrons. The number of rotatable bonds is 6. The normalized spacial score (nSPS) is 16.8. The highest BCUT2D eigenvalue weighted by Crippen LogP contribution is 2.49. The van der Waals surface area contributed by atoms with E-state index in [1.165, 1.54) is 0 Å².